The van der Waals surface area contributed by atoms with Gasteiger partial charge in [0.15, 0.2) is 5.11 Å². The van der Waals surface area contributed by atoms with Crippen LogP contribution in [0.3, 0.4) is 0 Å². The molecule has 1 aliphatic rings. The maximum Gasteiger partial charge on any atom is 0.281 e. The van der Waals surface area contributed by atoms with Gasteiger partial charge in [-0.15, -0.1) is 0 Å². The summed E-state index contributed by atoms with van der Waals surface area (Å²) in [5.41, 5.74) is 1.17. The summed E-state index contributed by atoms with van der Waals surface area (Å²) >= 11 is 11.4. The van der Waals surface area contributed by atoms with Crippen molar-refractivity contribution in [3.8, 4) is 0 Å². The number of carbonyl (C=O) groups is 1. The van der Waals surface area contributed by atoms with Crippen LogP contribution in [0.4, 0.5) is 11.4 Å². The number of benzene rings is 2. The fourth-order valence-corrected chi connectivity index (χ4v) is 2.96. The van der Waals surface area contributed by atoms with E-state index in [4.69, 9.17) is 23.8 Å². The monoisotopic (exact) mass is 385 g/mol. The Balaban J connectivity index is 1.85. The van der Waals surface area contributed by atoms with Crippen LogP contribution in [0.5, 0.6) is 0 Å². The van der Waals surface area contributed by atoms with Gasteiger partial charge in [0.25, 0.3) is 11.6 Å². The number of amides is 1. The van der Waals surface area contributed by atoms with Crippen LogP contribution in [0.1, 0.15) is 5.56 Å². The van der Waals surface area contributed by atoms with E-state index in [2.05, 4.69) is 5.32 Å². The Bertz CT molecular complexity index is 972. The molecular formula is C18H12ClN3O3S. The smallest absolute Gasteiger partial charge is 0.281 e. The summed E-state index contributed by atoms with van der Waals surface area (Å²) in [6.07, 6.45) is 4.63. The van der Waals surface area contributed by atoms with E-state index in [-0.39, 0.29) is 22.4 Å². The number of thiocarbonyl (C=S) groups is 1. The number of para-hydroxylation sites is 2. The lowest BCUT2D eigenvalue weighted by molar-refractivity contribution is -0.385. The van der Waals surface area contributed by atoms with Gasteiger partial charge in [-0.3, -0.25) is 19.8 Å². The fraction of sp³-hybridized carbons (Fsp3) is 0. The Morgan fingerprint density at radius 2 is 1.85 bits per heavy atom. The second kappa shape index (κ2) is 7.47. The summed E-state index contributed by atoms with van der Waals surface area (Å²) in [5.74, 6) is -0.352. The summed E-state index contributed by atoms with van der Waals surface area (Å²) in [6.45, 7) is 0. The summed E-state index contributed by atoms with van der Waals surface area (Å²) in [4.78, 5) is 24.5. The number of nitrogens with zero attached hydrogens (tertiary/aromatic N) is 2. The Morgan fingerprint density at radius 1 is 1.15 bits per heavy atom. The Morgan fingerprint density at radius 3 is 2.58 bits per heavy atom. The van der Waals surface area contributed by atoms with E-state index in [0.717, 1.165) is 0 Å². The van der Waals surface area contributed by atoms with Gasteiger partial charge in [-0.1, -0.05) is 41.9 Å². The highest BCUT2D eigenvalue weighted by atomic mass is 35.5. The van der Waals surface area contributed by atoms with E-state index in [0.29, 0.717) is 16.3 Å². The molecule has 1 heterocycles. The molecule has 0 atom stereocenters. The molecule has 130 valence electrons. The molecule has 0 spiro atoms. The van der Waals surface area contributed by atoms with Gasteiger partial charge in [0.2, 0.25) is 0 Å². The third kappa shape index (κ3) is 3.49. The normalized spacial score (nSPS) is 15.7. The number of halogens is 1. The highest BCUT2D eigenvalue weighted by Crippen LogP contribution is 2.29. The molecule has 1 N–H and O–H groups in total. The Labute approximate surface area is 159 Å². The highest BCUT2D eigenvalue weighted by molar-refractivity contribution is 7.80. The molecule has 2 aromatic carbocycles. The zero-order valence-corrected chi connectivity index (χ0v) is 14.8. The van der Waals surface area contributed by atoms with Gasteiger partial charge in [0.1, 0.15) is 5.70 Å². The topological polar surface area (TPSA) is 75.5 Å². The molecule has 0 bridgehead atoms. The number of hydrogen-bond acceptors (Lipinski definition) is 4. The van der Waals surface area contributed by atoms with Crippen molar-refractivity contribution in [3.63, 3.8) is 0 Å². The molecule has 0 saturated carbocycles. The summed E-state index contributed by atoms with van der Waals surface area (Å²) in [6, 6.07) is 13.2. The predicted octanol–water partition coefficient (Wildman–Crippen LogP) is 4.07. The standard InChI is InChI=1S/C18H12ClN3O3S/c19-13-8-2-4-11-16(13)21-17(23)14(20-18(21)26)9-5-7-12-6-1-3-10-15(12)22(24)25/h1-11H,(H,20,26)/b7-5+,14-9-. The van der Waals surface area contributed by atoms with Crippen molar-refractivity contribution in [2.75, 3.05) is 4.90 Å². The number of allylic oxidation sites excluding steroid dienone is 2. The van der Waals surface area contributed by atoms with Crippen molar-refractivity contribution in [1.29, 1.82) is 0 Å². The number of nitro benzene ring substituents is 1. The van der Waals surface area contributed by atoms with E-state index in [1.807, 2.05) is 0 Å². The molecule has 0 radical (unpaired) electrons. The van der Waals surface area contributed by atoms with Crippen LogP contribution in [0.25, 0.3) is 6.08 Å². The lowest BCUT2D eigenvalue weighted by atomic mass is 10.1. The number of nitro groups is 1. The third-order valence-electron chi connectivity index (χ3n) is 3.64. The number of hydrogen-bond donors (Lipinski definition) is 1. The van der Waals surface area contributed by atoms with Gasteiger partial charge in [-0.05, 0) is 42.6 Å². The van der Waals surface area contributed by atoms with Gasteiger partial charge < -0.3 is 5.32 Å². The van der Waals surface area contributed by atoms with Crippen molar-refractivity contribution < 1.29 is 9.72 Å². The number of rotatable bonds is 4. The molecule has 3 rings (SSSR count). The van der Waals surface area contributed by atoms with Crippen LogP contribution in [0, 0.1) is 10.1 Å². The number of anilines is 1. The van der Waals surface area contributed by atoms with E-state index in [1.165, 1.54) is 17.0 Å². The minimum Gasteiger partial charge on any atom is -0.327 e. The summed E-state index contributed by atoms with van der Waals surface area (Å²) in [5, 5.41) is 14.5. The van der Waals surface area contributed by atoms with Gasteiger partial charge >= 0.3 is 0 Å². The highest BCUT2D eigenvalue weighted by Gasteiger charge is 2.32. The first-order valence-corrected chi connectivity index (χ1v) is 8.29. The van der Waals surface area contributed by atoms with Crippen LogP contribution in [0.15, 0.2) is 66.4 Å². The second-order valence-electron chi connectivity index (χ2n) is 5.28. The number of carbonyl (C=O) groups excluding carboxylic acids is 1. The molecule has 0 aromatic heterocycles. The van der Waals surface area contributed by atoms with E-state index >= 15 is 0 Å². The molecule has 2 aromatic rings. The summed E-state index contributed by atoms with van der Waals surface area (Å²) in [7, 11) is 0. The first kappa shape index (κ1) is 17.8. The molecule has 8 heteroatoms. The molecule has 1 saturated heterocycles. The lowest BCUT2D eigenvalue weighted by Crippen LogP contribution is -2.30. The molecule has 1 amide bonds. The van der Waals surface area contributed by atoms with Crippen molar-refractivity contribution >= 4 is 52.3 Å². The van der Waals surface area contributed by atoms with Gasteiger partial charge in [0.05, 0.1) is 21.2 Å². The first-order chi connectivity index (χ1) is 12.5. The molecule has 6 nitrogen and oxygen atoms in total. The average Bonchev–Trinajstić information content (AvgIpc) is 2.90. The SMILES string of the molecule is O=C1/C(=C/C=C/c2ccccc2[N+](=O)[O-])NC(=S)N1c1ccccc1Cl. The minimum atomic E-state index is -0.458. The van der Waals surface area contributed by atoms with Gasteiger partial charge in [0, 0.05) is 6.07 Å². The van der Waals surface area contributed by atoms with Crippen molar-refractivity contribution in [1.82, 2.24) is 5.32 Å². The van der Waals surface area contributed by atoms with Crippen LogP contribution >= 0.6 is 23.8 Å². The van der Waals surface area contributed by atoms with E-state index < -0.39 is 4.92 Å². The van der Waals surface area contributed by atoms with Crippen LogP contribution in [-0.2, 0) is 4.79 Å². The lowest BCUT2D eigenvalue weighted by Gasteiger charge is -2.15. The van der Waals surface area contributed by atoms with E-state index in [1.54, 1.807) is 54.6 Å². The van der Waals surface area contributed by atoms with E-state index in [9.17, 15) is 14.9 Å². The molecular weight excluding hydrogens is 374 g/mol. The second-order valence-corrected chi connectivity index (χ2v) is 6.07. The third-order valence-corrected chi connectivity index (χ3v) is 4.25. The van der Waals surface area contributed by atoms with Crippen molar-refractivity contribution in [2.45, 2.75) is 0 Å². The molecule has 1 fully saturated rings. The zero-order valence-electron chi connectivity index (χ0n) is 13.3. The van der Waals surface area contributed by atoms with Gasteiger partial charge in [-0.2, -0.15) is 0 Å². The maximum absolute atomic E-state index is 12.6. The molecule has 0 aliphatic carbocycles. The Hall–Kier alpha value is -3.03. The zero-order chi connectivity index (χ0) is 18.7. The average molecular weight is 386 g/mol. The largest absolute Gasteiger partial charge is 0.327 e. The van der Waals surface area contributed by atoms with Crippen molar-refractivity contribution in [3.05, 3.63) is 87.1 Å². The van der Waals surface area contributed by atoms with Crippen LogP contribution in [-0.4, -0.2) is 15.9 Å². The Kier molecular flexibility index (Phi) is 5.11. The molecule has 1 aliphatic heterocycles. The van der Waals surface area contributed by atoms with Crippen LogP contribution < -0.4 is 10.2 Å². The summed E-state index contributed by atoms with van der Waals surface area (Å²) < 4.78 is 0. The minimum absolute atomic E-state index is 0.0129. The van der Waals surface area contributed by atoms with Crippen molar-refractivity contribution in [2.24, 2.45) is 0 Å². The quantitative estimate of drug-likeness (QED) is 0.371. The molecule has 26 heavy (non-hydrogen) atoms. The predicted molar refractivity (Wildman–Crippen MR) is 105 cm³/mol. The molecule has 0 unspecified atom stereocenters. The first-order valence-electron chi connectivity index (χ1n) is 7.51. The fourth-order valence-electron chi connectivity index (χ4n) is 2.44. The van der Waals surface area contributed by atoms with Gasteiger partial charge in [-0.25, -0.2) is 0 Å². The van der Waals surface area contributed by atoms with Crippen LogP contribution in [0.2, 0.25) is 5.02 Å². The maximum atomic E-state index is 12.6. The number of nitrogens with one attached hydrogen (secondary N) is 1.